The molecule has 2 N–H and O–H groups in total. The van der Waals surface area contributed by atoms with Crippen molar-refractivity contribution in [2.24, 2.45) is 5.92 Å². The lowest BCUT2D eigenvalue weighted by Crippen LogP contribution is -2.44. The molecule has 24 heavy (non-hydrogen) atoms. The molecule has 2 heterocycles. The lowest BCUT2D eigenvalue weighted by atomic mass is 9.96. The predicted octanol–water partition coefficient (Wildman–Crippen LogP) is 1.27. The van der Waals surface area contributed by atoms with Gasteiger partial charge in [-0.05, 0) is 26.8 Å². The molecule has 0 aliphatic carbocycles. The number of carbonyl (C=O) groups is 1. The second-order valence-electron chi connectivity index (χ2n) is 5.60. The van der Waals surface area contributed by atoms with Gasteiger partial charge in [0.1, 0.15) is 0 Å². The summed E-state index contributed by atoms with van der Waals surface area (Å²) in [5.74, 6) is 1.45. The monoisotopic (exact) mass is 379 g/mol. The highest BCUT2D eigenvalue weighted by Gasteiger charge is 2.26. The molecule has 1 saturated heterocycles. The summed E-state index contributed by atoms with van der Waals surface area (Å²) in [5, 5.41) is 6.12. The van der Waals surface area contributed by atoms with Crippen molar-refractivity contribution >= 4 is 36.7 Å². The number of likely N-dealkylation sites (N-methyl/N-ethyl adjacent to an activating group) is 1. The van der Waals surface area contributed by atoms with E-state index in [0.29, 0.717) is 18.4 Å². The average molecular weight is 380 g/mol. The highest BCUT2D eigenvalue weighted by atomic mass is 35.5. The molecule has 1 aliphatic heterocycles. The number of halogens is 2. The fourth-order valence-corrected chi connectivity index (χ4v) is 2.44. The van der Waals surface area contributed by atoms with Crippen LogP contribution in [0.5, 0.6) is 5.88 Å². The number of aromatic nitrogens is 2. The van der Waals surface area contributed by atoms with Crippen LogP contribution in [-0.4, -0.2) is 55.7 Å². The van der Waals surface area contributed by atoms with E-state index < -0.39 is 0 Å². The van der Waals surface area contributed by atoms with Crippen molar-refractivity contribution < 1.29 is 9.53 Å². The fraction of sp³-hybridized carbons (Fsp3) is 0.667. The van der Waals surface area contributed by atoms with Gasteiger partial charge in [0.25, 0.3) is 0 Å². The van der Waals surface area contributed by atoms with Crippen LogP contribution >= 0.6 is 24.8 Å². The maximum atomic E-state index is 12.2. The third-order valence-corrected chi connectivity index (χ3v) is 4.05. The van der Waals surface area contributed by atoms with E-state index in [1.165, 1.54) is 0 Å². The van der Waals surface area contributed by atoms with Crippen molar-refractivity contribution in [2.75, 3.05) is 38.7 Å². The Morgan fingerprint density at radius 3 is 2.67 bits per heavy atom. The maximum Gasteiger partial charge on any atom is 0.228 e. The third kappa shape index (κ3) is 6.30. The van der Waals surface area contributed by atoms with Gasteiger partial charge in [-0.25, -0.2) is 4.98 Å². The fourth-order valence-electron chi connectivity index (χ4n) is 2.44. The number of amides is 1. The smallest absolute Gasteiger partial charge is 0.228 e. The normalized spacial score (nSPS) is 15.7. The molecule has 2 rings (SSSR count). The summed E-state index contributed by atoms with van der Waals surface area (Å²) in [6, 6.07) is 2.02. The highest BCUT2D eigenvalue weighted by Crippen LogP contribution is 2.21. The zero-order chi connectivity index (χ0) is 15.9. The van der Waals surface area contributed by atoms with Crippen molar-refractivity contribution in [1.29, 1.82) is 0 Å². The van der Waals surface area contributed by atoms with Gasteiger partial charge in [-0.2, -0.15) is 4.98 Å². The molecule has 1 amide bonds. The Morgan fingerprint density at radius 2 is 2.08 bits per heavy atom. The molecule has 1 aromatic rings. The van der Waals surface area contributed by atoms with Crippen molar-refractivity contribution in [3.8, 4) is 5.88 Å². The SMILES string of the molecule is CNC(C)CNC(=O)C1CCN(c2nccc(OC)n2)CC1.Cl.Cl. The molecule has 1 aromatic heterocycles. The first-order chi connectivity index (χ1) is 10.6. The number of nitrogens with one attached hydrogen (secondary N) is 2. The van der Waals surface area contributed by atoms with Crippen LogP contribution < -0.4 is 20.3 Å². The zero-order valence-corrected chi connectivity index (χ0v) is 16.0. The van der Waals surface area contributed by atoms with Gasteiger partial charge in [0.15, 0.2) is 0 Å². The van der Waals surface area contributed by atoms with E-state index in [1.807, 2.05) is 14.0 Å². The second kappa shape index (κ2) is 11.3. The number of hydrogen-bond acceptors (Lipinski definition) is 6. The van der Waals surface area contributed by atoms with Crippen LogP contribution in [0.4, 0.5) is 5.95 Å². The Bertz CT molecular complexity index is 499. The van der Waals surface area contributed by atoms with Crippen LogP contribution in [0.2, 0.25) is 0 Å². The Balaban J connectivity index is 0.00000264. The molecule has 0 aromatic carbocycles. The Labute approximate surface area is 155 Å². The maximum absolute atomic E-state index is 12.2. The van der Waals surface area contributed by atoms with E-state index in [2.05, 4.69) is 25.5 Å². The van der Waals surface area contributed by atoms with Gasteiger partial charge in [0.2, 0.25) is 17.7 Å². The standard InChI is InChI=1S/C15H25N5O2.2ClH/c1-11(16-2)10-18-14(21)12-5-8-20(9-6-12)15-17-7-4-13(19-15)22-3;;/h4,7,11-12,16H,5-6,8-10H2,1-3H3,(H,18,21);2*1H. The van der Waals surface area contributed by atoms with Crippen LogP contribution in [0.15, 0.2) is 12.3 Å². The summed E-state index contributed by atoms with van der Waals surface area (Å²) in [6.07, 6.45) is 3.33. The number of anilines is 1. The number of carbonyl (C=O) groups excluding carboxylic acids is 1. The predicted molar refractivity (Wildman–Crippen MR) is 99.5 cm³/mol. The van der Waals surface area contributed by atoms with Crippen molar-refractivity contribution in [3.63, 3.8) is 0 Å². The lowest BCUT2D eigenvalue weighted by Gasteiger charge is -2.31. The first-order valence-electron chi connectivity index (χ1n) is 7.71. The zero-order valence-electron chi connectivity index (χ0n) is 14.3. The Kier molecular flexibility index (Phi) is 10.7. The van der Waals surface area contributed by atoms with E-state index >= 15 is 0 Å². The van der Waals surface area contributed by atoms with E-state index in [1.54, 1.807) is 19.4 Å². The van der Waals surface area contributed by atoms with Crippen LogP contribution in [-0.2, 0) is 4.79 Å². The Hall–Kier alpha value is -1.31. The minimum atomic E-state index is 0. The number of methoxy groups -OCH3 is 1. The molecule has 7 nitrogen and oxygen atoms in total. The van der Waals surface area contributed by atoms with E-state index in [-0.39, 0.29) is 42.7 Å². The van der Waals surface area contributed by atoms with Gasteiger partial charge in [0, 0.05) is 43.9 Å². The van der Waals surface area contributed by atoms with Gasteiger partial charge < -0.3 is 20.3 Å². The summed E-state index contributed by atoms with van der Waals surface area (Å²) < 4.78 is 5.12. The summed E-state index contributed by atoms with van der Waals surface area (Å²) in [4.78, 5) is 22.9. The minimum Gasteiger partial charge on any atom is -0.481 e. The van der Waals surface area contributed by atoms with Gasteiger partial charge in [-0.15, -0.1) is 24.8 Å². The first-order valence-corrected chi connectivity index (χ1v) is 7.71. The number of piperidine rings is 1. The van der Waals surface area contributed by atoms with Crippen LogP contribution in [0, 0.1) is 5.92 Å². The van der Waals surface area contributed by atoms with Crippen molar-refractivity contribution in [2.45, 2.75) is 25.8 Å². The largest absolute Gasteiger partial charge is 0.481 e. The van der Waals surface area contributed by atoms with E-state index in [0.717, 1.165) is 25.9 Å². The topological polar surface area (TPSA) is 79.4 Å². The van der Waals surface area contributed by atoms with Gasteiger partial charge in [-0.3, -0.25) is 4.79 Å². The minimum absolute atomic E-state index is 0. The number of nitrogens with zero attached hydrogens (tertiary/aromatic N) is 3. The molecular weight excluding hydrogens is 353 g/mol. The molecule has 0 bridgehead atoms. The molecule has 0 radical (unpaired) electrons. The van der Waals surface area contributed by atoms with Crippen LogP contribution in [0.1, 0.15) is 19.8 Å². The number of rotatable bonds is 6. The second-order valence-corrected chi connectivity index (χ2v) is 5.60. The van der Waals surface area contributed by atoms with Gasteiger partial charge in [0.05, 0.1) is 7.11 Å². The average Bonchev–Trinajstić information content (AvgIpc) is 2.59. The Morgan fingerprint density at radius 1 is 1.42 bits per heavy atom. The number of ether oxygens (including phenoxy) is 1. The molecule has 1 aliphatic rings. The number of hydrogen-bond donors (Lipinski definition) is 2. The van der Waals surface area contributed by atoms with Crippen molar-refractivity contribution in [3.05, 3.63) is 12.3 Å². The lowest BCUT2D eigenvalue weighted by molar-refractivity contribution is -0.125. The molecule has 138 valence electrons. The molecule has 0 spiro atoms. The summed E-state index contributed by atoms with van der Waals surface area (Å²) >= 11 is 0. The molecule has 1 unspecified atom stereocenters. The van der Waals surface area contributed by atoms with E-state index in [9.17, 15) is 4.79 Å². The van der Waals surface area contributed by atoms with Gasteiger partial charge >= 0.3 is 0 Å². The van der Waals surface area contributed by atoms with Gasteiger partial charge in [-0.1, -0.05) is 0 Å². The highest BCUT2D eigenvalue weighted by molar-refractivity contribution is 5.85. The van der Waals surface area contributed by atoms with Crippen LogP contribution in [0.3, 0.4) is 0 Å². The molecule has 0 saturated carbocycles. The molecular formula is C15H27Cl2N5O2. The molecule has 9 heteroatoms. The first kappa shape index (κ1) is 22.7. The van der Waals surface area contributed by atoms with E-state index in [4.69, 9.17) is 4.74 Å². The summed E-state index contributed by atoms with van der Waals surface area (Å²) in [7, 11) is 3.48. The summed E-state index contributed by atoms with van der Waals surface area (Å²) in [6.45, 7) is 4.28. The quantitative estimate of drug-likeness (QED) is 0.774. The molecule has 1 fully saturated rings. The summed E-state index contributed by atoms with van der Waals surface area (Å²) in [5.41, 5.74) is 0. The van der Waals surface area contributed by atoms with Crippen molar-refractivity contribution in [1.82, 2.24) is 20.6 Å². The third-order valence-electron chi connectivity index (χ3n) is 4.05. The molecule has 1 atom stereocenters. The van der Waals surface area contributed by atoms with Crippen LogP contribution in [0.25, 0.3) is 0 Å².